The molecule has 0 spiro atoms. The van der Waals surface area contributed by atoms with E-state index in [1.54, 1.807) is 0 Å². The lowest BCUT2D eigenvalue weighted by Gasteiger charge is -2.25. The molecule has 1 fully saturated rings. The minimum Gasteiger partial charge on any atom is -0.302 e. The second-order valence-electron chi connectivity index (χ2n) is 2.50. The van der Waals surface area contributed by atoms with E-state index in [2.05, 4.69) is 16.7 Å². The van der Waals surface area contributed by atoms with Crippen LogP contribution in [0.3, 0.4) is 0 Å². The van der Waals surface area contributed by atoms with Gasteiger partial charge in [0.2, 0.25) is 0 Å². The van der Waals surface area contributed by atoms with Gasteiger partial charge in [0.05, 0.1) is 0 Å². The molecule has 1 aliphatic heterocycles. The average Bonchev–Trinajstić information content (AvgIpc) is 2.03. The molecule has 0 bridgehead atoms. The lowest BCUT2D eigenvalue weighted by atomic mass is 10.4. The van der Waals surface area contributed by atoms with Crippen molar-refractivity contribution in [2.75, 3.05) is 37.0 Å². The van der Waals surface area contributed by atoms with Gasteiger partial charge in [-0.05, 0) is 13.0 Å². The number of thioether (sulfide) groups is 1. The normalized spacial score (nSPS) is 21.3. The topological polar surface area (TPSA) is 3.24 Å². The maximum Gasteiger partial charge on any atom is 0.0235 e. The van der Waals surface area contributed by atoms with Gasteiger partial charge in [-0.25, -0.2) is 0 Å². The molecule has 1 aliphatic rings. The Morgan fingerprint density at radius 3 is 2.60 bits per heavy atom. The van der Waals surface area contributed by atoms with Gasteiger partial charge in [-0.1, -0.05) is 0 Å². The van der Waals surface area contributed by atoms with E-state index < -0.39 is 0 Å². The first-order valence-corrected chi connectivity index (χ1v) is 5.48. The number of halogens is 1. The molecule has 10 heavy (non-hydrogen) atoms. The van der Waals surface area contributed by atoms with E-state index in [4.69, 9.17) is 11.6 Å². The SMILES string of the molecule is ClCCCN1CCSCC1. The zero-order valence-corrected chi connectivity index (χ0v) is 7.76. The van der Waals surface area contributed by atoms with Crippen molar-refractivity contribution in [2.45, 2.75) is 6.42 Å². The Labute approximate surface area is 72.1 Å². The summed E-state index contributed by atoms with van der Waals surface area (Å²) in [7, 11) is 0. The molecule has 0 amide bonds. The number of hydrogen-bond donors (Lipinski definition) is 0. The fraction of sp³-hybridized carbons (Fsp3) is 1.00. The van der Waals surface area contributed by atoms with Gasteiger partial charge in [-0.3, -0.25) is 0 Å². The summed E-state index contributed by atoms with van der Waals surface area (Å²) in [6.45, 7) is 3.73. The lowest BCUT2D eigenvalue weighted by Crippen LogP contribution is -2.33. The summed E-state index contributed by atoms with van der Waals surface area (Å²) in [5.74, 6) is 3.42. The second kappa shape index (κ2) is 5.28. The fourth-order valence-corrected chi connectivity index (χ4v) is 2.21. The third kappa shape index (κ3) is 3.13. The predicted molar refractivity (Wildman–Crippen MR) is 49.1 cm³/mol. The van der Waals surface area contributed by atoms with E-state index in [1.165, 1.54) is 31.1 Å². The molecule has 0 aliphatic carbocycles. The van der Waals surface area contributed by atoms with Crippen LogP contribution in [0.15, 0.2) is 0 Å². The van der Waals surface area contributed by atoms with Crippen molar-refractivity contribution in [1.29, 1.82) is 0 Å². The Hall–Kier alpha value is 0.600. The molecule has 0 unspecified atom stereocenters. The largest absolute Gasteiger partial charge is 0.302 e. The molecule has 0 aromatic rings. The number of nitrogens with zero attached hydrogens (tertiary/aromatic N) is 1. The Balaban J connectivity index is 2.02. The predicted octanol–water partition coefficient (Wildman–Crippen LogP) is 1.66. The first kappa shape index (κ1) is 8.69. The van der Waals surface area contributed by atoms with Crippen LogP contribution in [-0.4, -0.2) is 41.9 Å². The van der Waals surface area contributed by atoms with Crippen LogP contribution in [0.25, 0.3) is 0 Å². The highest BCUT2D eigenvalue weighted by molar-refractivity contribution is 7.99. The smallest absolute Gasteiger partial charge is 0.0235 e. The van der Waals surface area contributed by atoms with Crippen molar-refractivity contribution in [3.63, 3.8) is 0 Å². The van der Waals surface area contributed by atoms with E-state index in [-0.39, 0.29) is 0 Å². The Morgan fingerprint density at radius 2 is 2.00 bits per heavy atom. The molecule has 0 atom stereocenters. The molecular formula is C7H14ClNS. The zero-order valence-electron chi connectivity index (χ0n) is 6.18. The van der Waals surface area contributed by atoms with Crippen LogP contribution in [-0.2, 0) is 0 Å². The van der Waals surface area contributed by atoms with Crippen molar-refractivity contribution in [2.24, 2.45) is 0 Å². The van der Waals surface area contributed by atoms with E-state index in [1.807, 2.05) is 0 Å². The molecular weight excluding hydrogens is 166 g/mol. The molecule has 1 saturated heterocycles. The summed E-state index contributed by atoms with van der Waals surface area (Å²) in [5.41, 5.74) is 0. The summed E-state index contributed by atoms with van der Waals surface area (Å²) in [5, 5.41) is 0. The van der Waals surface area contributed by atoms with Gasteiger partial charge in [0.25, 0.3) is 0 Å². The number of alkyl halides is 1. The molecule has 1 heterocycles. The maximum atomic E-state index is 5.59. The number of rotatable bonds is 3. The van der Waals surface area contributed by atoms with Crippen molar-refractivity contribution in [3.8, 4) is 0 Å². The third-order valence-electron chi connectivity index (χ3n) is 1.71. The molecule has 0 N–H and O–H groups in total. The van der Waals surface area contributed by atoms with Crippen LogP contribution in [0.2, 0.25) is 0 Å². The van der Waals surface area contributed by atoms with E-state index in [0.717, 1.165) is 12.3 Å². The van der Waals surface area contributed by atoms with Gasteiger partial charge < -0.3 is 4.90 Å². The van der Waals surface area contributed by atoms with Gasteiger partial charge in [0.15, 0.2) is 0 Å². The summed E-state index contributed by atoms with van der Waals surface area (Å²) >= 11 is 7.65. The summed E-state index contributed by atoms with van der Waals surface area (Å²) in [6, 6.07) is 0. The second-order valence-corrected chi connectivity index (χ2v) is 4.10. The molecule has 0 aromatic carbocycles. The quantitative estimate of drug-likeness (QED) is 0.607. The van der Waals surface area contributed by atoms with Gasteiger partial charge in [-0.2, -0.15) is 11.8 Å². The minimum absolute atomic E-state index is 0.809. The number of hydrogen-bond acceptors (Lipinski definition) is 2. The summed E-state index contributed by atoms with van der Waals surface area (Å²) in [4.78, 5) is 2.50. The van der Waals surface area contributed by atoms with Crippen LogP contribution in [0.5, 0.6) is 0 Å². The van der Waals surface area contributed by atoms with Crippen molar-refractivity contribution >= 4 is 23.4 Å². The van der Waals surface area contributed by atoms with Crippen LogP contribution < -0.4 is 0 Å². The summed E-state index contributed by atoms with van der Waals surface area (Å²) < 4.78 is 0. The van der Waals surface area contributed by atoms with E-state index in [0.29, 0.717) is 0 Å². The Bertz CT molecular complexity index is 83.7. The summed E-state index contributed by atoms with van der Waals surface area (Å²) in [6.07, 6.45) is 1.15. The first-order valence-electron chi connectivity index (χ1n) is 3.79. The van der Waals surface area contributed by atoms with Gasteiger partial charge in [0, 0.05) is 30.5 Å². The minimum atomic E-state index is 0.809. The molecule has 0 aromatic heterocycles. The monoisotopic (exact) mass is 179 g/mol. The standard InChI is InChI=1S/C7H14ClNS/c8-2-1-3-9-4-6-10-7-5-9/h1-7H2. The maximum absolute atomic E-state index is 5.59. The third-order valence-corrected chi connectivity index (χ3v) is 2.92. The molecule has 60 valence electrons. The van der Waals surface area contributed by atoms with Crippen molar-refractivity contribution in [1.82, 2.24) is 4.90 Å². The van der Waals surface area contributed by atoms with Gasteiger partial charge in [0.1, 0.15) is 0 Å². The van der Waals surface area contributed by atoms with E-state index >= 15 is 0 Å². The average molecular weight is 180 g/mol. The highest BCUT2D eigenvalue weighted by Crippen LogP contribution is 2.08. The fourth-order valence-electron chi connectivity index (χ4n) is 1.11. The van der Waals surface area contributed by atoms with Crippen molar-refractivity contribution < 1.29 is 0 Å². The lowest BCUT2D eigenvalue weighted by molar-refractivity contribution is 0.304. The zero-order chi connectivity index (χ0) is 7.23. The van der Waals surface area contributed by atoms with Crippen LogP contribution >= 0.6 is 23.4 Å². The highest BCUT2D eigenvalue weighted by Gasteiger charge is 2.08. The molecule has 3 heteroatoms. The van der Waals surface area contributed by atoms with E-state index in [9.17, 15) is 0 Å². The van der Waals surface area contributed by atoms with Crippen molar-refractivity contribution in [3.05, 3.63) is 0 Å². The molecule has 0 radical (unpaired) electrons. The van der Waals surface area contributed by atoms with Crippen LogP contribution in [0.1, 0.15) is 6.42 Å². The Kier molecular flexibility index (Phi) is 4.59. The molecule has 1 rings (SSSR count). The first-order chi connectivity index (χ1) is 4.93. The highest BCUT2D eigenvalue weighted by atomic mass is 35.5. The van der Waals surface area contributed by atoms with Gasteiger partial charge >= 0.3 is 0 Å². The van der Waals surface area contributed by atoms with Crippen LogP contribution in [0.4, 0.5) is 0 Å². The Morgan fingerprint density at radius 1 is 1.30 bits per heavy atom. The van der Waals surface area contributed by atoms with Gasteiger partial charge in [-0.15, -0.1) is 11.6 Å². The molecule has 0 saturated carbocycles. The molecule has 1 nitrogen and oxygen atoms in total. The van der Waals surface area contributed by atoms with Crippen LogP contribution in [0, 0.1) is 0 Å².